The van der Waals surface area contributed by atoms with Gasteiger partial charge >= 0.3 is 5.97 Å². The van der Waals surface area contributed by atoms with Gasteiger partial charge in [0.05, 0.1) is 5.56 Å². The van der Waals surface area contributed by atoms with Crippen molar-refractivity contribution in [3.05, 3.63) is 28.6 Å². The summed E-state index contributed by atoms with van der Waals surface area (Å²) >= 11 is 0. The van der Waals surface area contributed by atoms with E-state index in [2.05, 4.69) is 18.8 Å². The summed E-state index contributed by atoms with van der Waals surface area (Å²) in [5.41, 5.74) is 3.39. The van der Waals surface area contributed by atoms with Crippen LogP contribution in [0.2, 0.25) is 0 Å². The number of aryl methyl sites for hydroxylation is 1. The quantitative estimate of drug-likeness (QED) is 0.873. The molecule has 1 aliphatic rings. The van der Waals surface area contributed by atoms with Crippen LogP contribution in [0.1, 0.15) is 54.0 Å². The molecule has 1 heterocycles. The summed E-state index contributed by atoms with van der Waals surface area (Å²) in [6.45, 7) is 4.25. The van der Waals surface area contributed by atoms with Crippen molar-refractivity contribution in [1.29, 1.82) is 0 Å². The Hall–Kier alpha value is -1.38. The zero-order valence-electron chi connectivity index (χ0n) is 10.5. The molecule has 1 aliphatic carbocycles. The van der Waals surface area contributed by atoms with Crippen molar-refractivity contribution in [2.45, 2.75) is 46.0 Å². The van der Waals surface area contributed by atoms with E-state index in [1.165, 1.54) is 0 Å². The van der Waals surface area contributed by atoms with Gasteiger partial charge < -0.3 is 5.11 Å². The van der Waals surface area contributed by atoms with Crippen molar-refractivity contribution in [3.8, 4) is 0 Å². The summed E-state index contributed by atoms with van der Waals surface area (Å²) in [5.74, 6) is -0.304. The molecule has 0 unspecified atom stereocenters. The SMILES string of the molecule is CC(C)Cc1cc(C(=O)O)c2c(n1)CCCC2. The molecule has 0 fully saturated rings. The molecule has 17 heavy (non-hydrogen) atoms. The number of carboxylic acid groups (broad SMARTS) is 1. The lowest BCUT2D eigenvalue weighted by Crippen LogP contribution is -2.14. The average Bonchev–Trinajstić information content (AvgIpc) is 2.27. The molecule has 92 valence electrons. The summed E-state index contributed by atoms with van der Waals surface area (Å²) in [5, 5.41) is 9.27. The maximum Gasteiger partial charge on any atom is 0.336 e. The Balaban J connectivity index is 2.44. The van der Waals surface area contributed by atoms with Crippen LogP contribution in [0.4, 0.5) is 0 Å². The maximum atomic E-state index is 11.3. The normalized spacial score (nSPS) is 14.8. The third-order valence-corrected chi connectivity index (χ3v) is 3.20. The highest BCUT2D eigenvalue weighted by Gasteiger charge is 2.20. The number of fused-ring (bicyclic) bond motifs is 1. The summed E-state index contributed by atoms with van der Waals surface area (Å²) in [4.78, 5) is 15.9. The first-order valence-electron chi connectivity index (χ1n) is 6.33. The van der Waals surface area contributed by atoms with Gasteiger partial charge in [0.1, 0.15) is 0 Å². The first kappa shape index (κ1) is 12.1. The fourth-order valence-electron chi connectivity index (χ4n) is 2.48. The molecule has 0 amide bonds. The van der Waals surface area contributed by atoms with Crippen molar-refractivity contribution in [2.24, 2.45) is 5.92 Å². The van der Waals surface area contributed by atoms with Crippen molar-refractivity contribution in [2.75, 3.05) is 0 Å². The molecule has 0 radical (unpaired) electrons. The van der Waals surface area contributed by atoms with Crippen LogP contribution in [0.3, 0.4) is 0 Å². The largest absolute Gasteiger partial charge is 0.478 e. The second-order valence-electron chi connectivity index (χ2n) is 5.20. The summed E-state index contributed by atoms with van der Waals surface area (Å²) < 4.78 is 0. The first-order valence-corrected chi connectivity index (χ1v) is 6.33. The number of aromatic nitrogens is 1. The van der Waals surface area contributed by atoms with Crippen LogP contribution in [0.15, 0.2) is 6.07 Å². The van der Waals surface area contributed by atoms with E-state index in [1.807, 2.05) is 0 Å². The van der Waals surface area contributed by atoms with Gasteiger partial charge in [0.15, 0.2) is 0 Å². The lowest BCUT2D eigenvalue weighted by atomic mass is 9.91. The van der Waals surface area contributed by atoms with E-state index < -0.39 is 5.97 Å². The summed E-state index contributed by atoms with van der Waals surface area (Å²) in [6.07, 6.45) is 4.86. The highest BCUT2D eigenvalue weighted by Crippen LogP contribution is 2.24. The minimum atomic E-state index is -0.810. The second kappa shape index (κ2) is 4.86. The lowest BCUT2D eigenvalue weighted by molar-refractivity contribution is 0.0695. The predicted octanol–water partition coefficient (Wildman–Crippen LogP) is 2.86. The van der Waals surface area contributed by atoms with E-state index >= 15 is 0 Å². The number of rotatable bonds is 3. The zero-order valence-corrected chi connectivity index (χ0v) is 10.5. The number of nitrogens with zero attached hydrogens (tertiary/aromatic N) is 1. The fourth-order valence-corrected chi connectivity index (χ4v) is 2.48. The summed E-state index contributed by atoms with van der Waals surface area (Å²) in [7, 11) is 0. The van der Waals surface area contributed by atoms with Crippen molar-refractivity contribution >= 4 is 5.97 Å². The Bertz CT molecular complexity index is 438. The number of pyridine rings is 1. The molecule has 0 bridgehead atoms. The molecule has 2 rings (SSSR count). The lowest BCUT2D eigenvalue weighted by Gasteiger charge is -2.18. The number of carbonyl (C=O) groups is 1. The predicted molar refractivity (Wildman–Crippen MR) is 66.4 cm³/mol. The Labute approximate surface area is 102 Å². The van der Waals surface area contributed by atoms with Gasteiger partial charge in [-0.2, -0.15) is 0 Å². The smallest absolute Gasteiger partial charge is 0.336 e. The summed E-state index contributed by atoms with van der Waals surface area (Å²) in [6, 6.07) is 1.77. The van der Waals surface area contributed by atoms with Crippen LogP contribution in [0, 0.1) is 5.92 Å². The molecule has 0 saturated carbocycles. The fraction of sp³-hybridized carbons (Fsp3) is 0.571. The van der Waals surface area contributed by atoms with E-state index in [1.54, 1.807) is 6.07 Å². The molecule has 3 nitrogen and oxygen atoms in total. The van der Waals surface area contributed by atoms with Gasteiger partial charge in [-0.05, 0) is 49.7 Å². The number of hydrogen-bond acceptors (Lipinski definition) is 2. The Kier molecular flexibility index (Phi) is 3.46. The van der Waals surface area contributed by atoms with Crippen molar-refractivity contribution in [1.82, 2.24) is 4.98 Å². The van der Waals surface area contributed by atoms with E-state index in [0.29, 0.717) is 11.5 Å². The molecule has 0 saturated heterocycles. The first-order chi connectivity index (χ1) is 8.08. The van der Waals surface area contributed by atoms with E-state index in [9.17, 15) is 9.90 Å². The van der Waals surface area contributed by atoms with Crippen LogP contribution in [-0.2, 0) is 19.3 Å². The van der Waals surface area contributed by atoms with Crippen LogP contribution < -0.4 is 0 Å². The van der Waals surface area contributed by atoms with Gasteiger partial charge in [0.25, 0.3) is 0 Å². The Morgan fingerprint density at radius 3 is 2.76 bits per heavy atom. The van der Waals surface area contributed by atoms with Crippen molar-refractivity contribution < 1.29 is 9.90 Å². The topological polar surface area (TPSA) is 50.2 Å². The molecular weight excluding hydrogens is 214 g/mol. The molecule has 1 aromatic heterocycles. The van der Waals surface area contributed by atoms with Gasteiger partial charge in [0, 0.05) is 11.4 Å². The van der Waals surface area contributed by atoms with Crippen LogP contribution in [0.25, 0.3) is 0 Å². The van der Waals surface area contributed by atoms with Gasteiger partial charge in [-0.1, -0.05) is 13.8 Å². The monoisotopic (exact) mass is 233 g/mol. The number of hydrogen-bond donors (Lipinski definition) is 1. The van der Waals surface area contributed by atoms with Gasteiger partial charge in [-0.15, -0.1) is 0 Å². The van der Waals surface area contributed by atoms with Crippen LogP contribution in [0.5, 0.6) is 0 Å². The van der Waals surface area contributed by atoms with E-state index in [4.69, 9.17) is 0 Å². The average molecular weight is 233 g/mol. The molecule has 0 spiro atoms. The molecule has 0 atom stereocenters. The highest BCUT2D eigenvalue weighted by molar-refractivity contribution is 5.89. The molecule has 3 heteroatoms. The van der Waals surface area contributed by atoms with Crippen molar-refractivity contribution in [3.63, 3.8) is 0 Å². The second-order valence-corrected chi connectivity index (χ2v) is 5.20. The zero-order chi connectivity index (χ0) is 12.4. The minimum absolute atomic E-state index is 0.477. The van der Waals surface area contributed by atoms with Crippen LogP contribution in [-0.4, -0.2) is 16.1 Å². The third-order valence-electron chi connectivity index (χ3n) is 3.20. The molecule has 1 aromatic rings. The van der Waals surface area contributed by atoms with Gasteiger partial charge in [0.2, 0.25) is 0 Å². The number of carboxylic acids is 1. The molecule has 0 aromatic carbocycles. The molecular formula is C14H19NO2. The Morgan fingerprint density at radius 1 is 1.41 bits per heavy atom. The molecule has 1 N–H and O–H groups in total. The van der Waals surface area contributed by atoms with Crippen LogP contribution >= 0.6 is 0 Å². The van der Waals surface area contributed by atoms with Gasteiger partial charge in [-0.25, -0.2) is 4.79 Å². The van der Waals surface area contributed by atoms with Gasteiger partial charge in [-0.3, -0.25) is 4.98 Å². The van der Waals surface area contributed by atoms with E-state index in [0.717, 1.165) is 49.1 Å². The maximum absolute atomic E-state index is 11.3. The van der Waals surface area contributed by atoms with E-state index in [-0.39, 0.29) is 0 Å². The number of aromatic carboxylic acids is 1. The minimum Gasteiger partial charge on any atom is -0.478 e. The Morgan fingerprint density at radius 2 is 2.12 bits per heavy atom. The molecule has 0 aliphatic heterocycles. The third kappa shape index (κ3) is 2.65. The highest BCUT2D eigenvalue weighted by atomic mass is 16.4. The standard InChI is InChI=1S/C14H19NO2/c1-9(2)7-10-8-12(14(16)17)11-5-3-4-6-13(11)15-10/h8-9H,3-7H2,1-2H3,(H,16,17).